The summed E-state index contributed by atoms with van der Waals surface area (Å²) in [7, 11) is 0. The molecule has 2 fully saturated rings. The van der Waals surface area contributed by atoms with E-state index in [0.717, 1.165) is 18.7 Å². The molecule has 4 nitrogen and oxygen atoms in total. The molecule has 1 aromatic heterocycles. The van der Waals surface area contributed by atoms with Crippen molar-refractivity contribution in [3.8, 4) is 0 Å². The van der Waals surface area contributed by atoms with Gasteiger partial charge in [-0.15, -0.1) is 0 Å². The smallest absolute Gasteiger partial charge is 0.115 e. The number of thioether (sulfide) groups is 1. The lowest BCUT2D eigenvalue weighted by molar-refractivity contribution is 0.227. The lowest BCUT2D eigenvalue weighted by Gasteiger charge is -2.25. The molecule has 3 atom stereocenters. The zero-order valence-corrected chi connectivity index (χ0v) is 12.4. The third kappa shape index (κ3) is 3.68. The summed E-state index contributed by atoms with van der Waals surface area (Å²) in [5.41, 5.74) is 1.06. The van der Waals surface area contributed by atoms with E-state index in [4.69, 9.17) is 0 Å². The fraction of sp³-hybridized carbons (Fsp3) is 0.714. The first-order valence-corrected chi connectivity index (χ1v) is 8.40. The van der Waals surface area contributed by atoms with E-state index in [-0.39, 0.29) is 6.04 Å². The Kier molecular flexibility index (Phi) is 4.86. The van der Waals surface area contributed by atoms with E-state index >= 15 is 0 Å². The SMILES string of the molecule is F[C@H]1C[C@@H](CN[C@@H]2CCSC2)N(Cc2cncnc2)C1. The Labute approximate surface area is 123 Å². The van der Waals surface area contributed by atoms with Gasteiger partial charge in [-0.05, 0) is 18.6 Å². The number of nitrogens with one attached hydrogen (secondary N) is 1. The first-order chi connectivity index (χ1) is 9.81. The number of halogens is 1. The van der Waals surface area contributed by atoms with Gasteiger partial charge in [0, 0.05) is 55.4 Å². The van der Waals surface area contributed by atoms with E-state index in [9.17, 15) is 4.39 Å². The standard InChI is InChI=1S/C14H21FN4S/c15-12-3-14(6-18-13-1-2-20-9-13)19(8-12)7-11-4-16-10-17-5-11/h4-5,10,12-14,18H,1-3,6-9H2/t12-,13+,14-/m0/s1. The van der Waals surface area contributed by atoms with Gasteiger partial charge in [-0.25, -0.2) is 14.4 Å². The topological polar surface area (TPSA) is 41.0 Å². The molecule has 0 aromatic carbocycles. The molecule has 1 N–H and O–H groups in total. The van der Waals surface area contributed by atoms with Crippen LogP contribution in [0.15, 0.2) is 18.7 Å². The number of alkyl halides is 1. The Morgan fingerprint density at radius 1 is 1.40 bits per heavy atom. The Morgan fingerprint density at radius 2 is 2.25 bits per heavy atom. The quantitative estimate of drug-likeness (QED) is 0.891. The highest BCUT2D eigenvalue weighted by molar-refractivity contribution is 7.99. The van der Waals surface area contributed by atoms with Crippen LogP contribution in [0.3, 0.4) is 0 Å². The normalized spacial score (nSPS) is 30.9. The Hall–Kier alpha value is -0.720. The molecular formula is C14H21FN4S. The van der Waals surface area contributed by atoms with Crippen LogP contribution in [-0.4, -0.2) is 57.7 Å². The summed E-state index contributed by atoms with van der Waals surface area (Å²) in [6.07, 6.45) is 6.34. The van der Waals surface area contributed by atoms with Crippen molar-refractivity contribution < 1.29 is 4.39 Å². The van der Waals surface area contributed by atoms with Gasteiger partial charge in [0.2, 0.25) is 0 Å². The maximum Gasteiger partial charge on any atom is 0.115 e. The summed E-state index contributed by atoms with van der Waals surface area (Å²) < 4.78 is 13.7. The Bertz CT molecular complexity index is 413. The lowest BCUT2D eigenvalue weighted by atomic mass is 10.1. The van der Waals surface area contributed by atoms with Gasteiger partial charge in [0.25, 0.3) is 0 Å². The van der Waals surface area contributed by atoms with Crippen molar-refractivity contribution in [3.05, 3.63) is 24.3 Å². The zero-order valence-electron chi connectivity index (χ0n) is 11.5. The van der Waals surface area contributed by atoms with Crippen molar-refractivity contribution in [1.29, 1.82) is 0 Å². The highest BCUT2D eigenvalue weighted by atomic mass is 32.2. The second kappa shape index (κ2) is 6.83. The van der Waals surface area contributed by atoms with E-state index < -0.39 is 6.17 Å². The van der Waals surface area contributed by atoms with Crippen molar-refractivity contribution in [2.24, 2.45) is 0 Å². The minimum atomic E-state index is -0.704. The molecule has 0 aliphatic carbocycles. The van der Waals surface area contributed by atoms with Crippen molar-refractivity contribution >= 4 is 11.8 Å². The lowest BCUT2D eigenvalue weighted by Crippen LogP contribution is -2.41. The first-order valence-electron chi connectivity index (χ1n) is 7.24. The molecule has 2 saturated heterocycles. The molecule has 0 radical (unpaired) electrons. The van der Waals surface area contributed by atoms with Crippen LogP contribution in [0.5, 0.6) is 0 Å². The molecular weight excluding hydrogens is 275 g/mol. The predicted molar refractivity (Wildman–Crippen MR) is 79.5 cm³/mol. The largest absolute Gasteiger partial charge is 0.312 e. The zero-order chi connectivity index (χ0) is 13.8. The summed E-state index contributed by atoms with van der Waals surface area (Å²) in [5.74, 6) is 2.44. The van der Waals surface area contributed by atoms with Crippen molar-refractivity contribution in [2.45, 2.75) is 37.6 Å². The van der Waals surface area contributed by atoms with Gasteiger partial charge in [0.1, 0.15) is 12.5 Å². The van der Waals surface area contributed by atoms with Crippen LogP contribution in [0.1, 0.15) is 18.4 Å². The van der Waals surface area contributed by atoms with Crippen molar-refractivity contribution in [2.75, 3.05) is 24.6 Å². The van der Waals surface area contributed by atoms with Crippen LogP contribution >= 0.6 is 11.8 Å². The third-order valence-corrected chi connectivity index (χ3v) is 5.21. The van der Waals surface area contributed by atoms with E-state index in [1.807, 2.05) is 24.2 Å². The van der Waals surface area contributed by atoms with E-state index in [2.05, 4.69) is 20.2 Å². The predicted octanol–water partition coefficient (Wildman–Crippen LogP) is 1.48. The van der Waals surface area contributed by atoms with Crippen LogP contribution in [0.25, 0.3) is 0 Å². The molecule has 0 spiro atoms. The summed E-state index contributed by atoms with van der Waals surface area (Å²) >= 11 is 2.00. The van der Waals surface area contributed by atoms with Gasteiger partial charge in [-0.3, -0.25) is 4.90 Å². The minimum Gasteiger partial charge on any atom is -0.312 e. The van der Waals surface area contributed by atoms with Crippen molar-refractivity contribution in [3.63, 3.8) is 0 Å². The highest BCUT2D eigenvalue weighted by Gasteiger charge is 2.32. The number of nitrogens with zero attached hydrogens (tertiary/aromatic N) is 3. The maximum absolute atomic E-state index is 13.7. The van der Waals surface area contributed by atoms with E-state index in [0.29, 0.717) is 19.0 Å². The second-order valence-electron chi connectivity index (χ2n) is 5.63. The van der Waals surface area contributed by atoms with Gasteiger partial charge in [-0.1, -0.05) is 0 Å². The molecule has 0 unspecified atom stereocenters. The molecule has 0 amide bonds. The molecule has 20 heavy (non-hydrogen) atoms. The fourth-order valence-corrected chi connectivity index (χ4v) is 4.16. The average molecular weight is 296 g/mol. The first kappa shape index (κ1) is 14.2. The van der Waals surface area contributed by atoms with Crippen LogP contribution in [0.2, 0.25) is 0 Å². The Morgan fingerprint density at radius 3 is 3.00 bits per heavy atom. The van der Waals surface area contributed by atoms with Gasteiger partial charge in [-0.2, -0.15) is 11.8 Å². The van der Waals surface area contributed by atoms with Crippen LogP contribution in [0, 0.1) is 0 Å². The number of rotatable bonds is 5. The average Bonchev–Trinajstić information content (AvgIpc) is 3.07. The Balaban J connectivity index is 1.54. The summed E-state index contributed by atoms with van der Waals surface area (Å²) in [5, 5.41) is 3.60. The molecule has 2 aliphatic heterocycles. The van der Waals surface area contributed by atoms with Crippen LogP contribution in [0.4, 0.5) is 4.39 Å². The fourth-order valence-electron chi connectivity index (χ4n) is 2.97. The van der Waals surface area contributed by atoms with E-state index in [1.165, 1.54) is 24.3 Å². The van der Waals surface area contributed by atoms with Crippen LogP contribution < -0.4 is 5.32 Å². The summed E-state index contributed by atoms with van der Waals surface area (Å²) in [6, 6.07) is 0.899. The summed E-state index contributed by atoms with van der Waals surface area (Å²) in [4.78, 5) is 10.3. The van der Waals surface area contributed by atoms with Gasteiger partial charge < -0.3 is 5.32 Å². The van der Waals surface area contributed by atoms with E-state index in [1.54, 1.807) is 0 Å². The number of hydrogen-bond donors (Lipinski definition) is 1. The second-order valence-corrected chi connectivity index (χ2v) is 6.78. The molecule has 0 bridgehead atoms. The molecule has 1 aromatic rings. The molecule has 3 rings (SSSR count). The molecule has 6 heteroatoms. The minimum absolute atomic E-state index is 0.288. The molecule has 110 valence electrons. The molecule has 2 aliphatic rings. The third-order valence-electron chi connectivity index (χ3n) is 4.05. The number of hydrogen-bond acceptors (Lipinski definition) is 5. The van der Waals surface area contributed by atoms with Gasteiger partial charge in [0.05, 0.1) is 0 Å². The monoisotopic (exact) mass is 296 g/mol. The number of likely N-dealkylation sites (tertiary alicyclic amines) is 1. The van der Waals surface area contributed by atoms with Crippen molar-refractivity contribution in [1.82, 2.24) is 20.2 Å². The summed E-state index contributed by atoms with van der Waals surface area (Å²) in [6.45, 7) is 2.16. The van der Waals surface area contributed by atoms with Crippen LogP contribution in [-0.2, 0) is 6.54 Å². The molecule has 3 heterocycles. The maximum atomic E-state index is 13.7. The van der Waals surface area contributed by atoms with Gasteiger partial charge in [0.15, 0.2) is 0 Å². The highest BCUT2D eigenvalue weighted by Crippen LogP contribution is 2.23. The van der Waals surface area contributed by atoms with Gasteiger partial charge >= 0.3 is 0 Å². The number of aromatic nitrogens is 2. The molecule has 0 saturated carbocycles.